The van der Waals surface area contributed by atoms with Crippen LogP contribution in [0.15, 0.2) is 29.9 Å². The van der Waals surface area contributed by atoms with Crippen LogP contribution in [-0.2, 0) is 0 Å². The van der Waals surface area contributed by atoms with Crippen molar-refractivity contribution in [3.63, 3.8) is 0 Å². The highest BCUT2D eigenvalue weighted by molar-refractivity contribution is 7.15. The molecule has 3 aromatic rings. The molecule has 1 fully saturated rings. The second kappa shape index (κ2) is 6.61. The smallest absolute Gasteiger partial charge is 0.360 e. The van der Waals surface area contributed by atoms with Crippen LogP contribution in [0.3, 0.4) is 0 Å². The average Bonchev–Trinajstić information content (AvgIpc) is 3.23. The third-order valence-electron chi connectivity index (χ3n) is 4.45. The summed E-state index contributed by atoms with van der Waals surface area (Å²) in [5.41, 5.74) is 0.539. The Balaban J connectivity index is 1.44. The summed E-state index contributed by atoms with van der Waals surface area (Å²) in [5.74, 6) is 1.16. The first-order valence-corrected chi connectivity index (χ1v) is 9.01. The van der Waals surface area contributed by atoms with Crippen LogP contribution >= 0.6 is 11.3 Å². The lowest BCUT2D eigenvalue weighted by atomic mass is 10.0. The molecule has 26 heavy (non-hydrogen) atoms. The molecule has 1 aliphatic rings. The van der Waals surface area contributed by atoms with Gasteiger partial charge in [0.1, 0.15) is 18.1 Å². The summed E-state index contributed by atoms with van der Waals surface area (Å²) in [7, 11) is 0. The van der Waals surface area contributed by atoms with Gasteiger partial charge in [0.2, 0.25) is 5.82 Å². The summed E-state index contributed by atoms with van der Waals surface area (Å²) >= 11 is 1.37. The second-order valence-corrected chi connectivity index (χ2v) is 6.89. The van der Waals surface area contributed by atoms with E-state index in [1.54, 1.807) is 23.8 Å². The fourth-order valence-electron chi connectivity index (χ4n) is 3.13. The molecule has 0 saturated carbocycles. The Morgan fingerprint density at radius 1 is 1.38 bits per heavy atom. The van der Waals surface area contributed by atoms with E-state index in [1.165, 1.54) is 15.7 Å². The van der Waals surface area contributed by atoms with Crippen molar-refractivity contribution < 1.29 is 4.92 Å². The van der Waals surface area contributed by atoms with E-state index in [1.807, 2.05) is 6.07 Å². The molecular formula is C16H15N7O2S. The maximum Gasteiger partial charge on any atom is 0.372 e. The fraction of sp³-hybridized carbons (Fsp3) is 0.312. The second-order valence-electron chi connectivity index (χ2n) is 6.02. The lowest BCUT2D eigenvalue weighted by molar-refractivity contribution is -0.389. The quantitative estimate of drug-likeness (QED) is 0.555. The number of fused-ring (bicyclic) bond motifs is 1. The van der Waals surface area contributed by atoms with Gasteiger partial charge in [-0.25, -0.2) is 4.98 Å². The van der Waals surface area contributed by atoms with Gasteiger partial charge in [0.05, 0.1) is 5.56 Å². The van der Waals surface area contributed by atoms with Gasteiger partial charge in [-0.1, -0.05) is 11.3 Å². The molecule has 0 spiro atoms. The van der Waals surface area contributed by atoms with Crippen LogP contribution in [0.1, 0.15) is 18.4 Å². The molecule has 1 saturated heterocycles. The number of hydrogen-bond donors (Lipinski definition) is 1. The van der Waals surface area contributed by atoms with Crippen LogP contribution in [0.4, 0.5) is 17.5 Å². The Kier molecular flexibility index (Phi) is 4.14. The van der Waals surface area contributed by atoms with Crippen LogP contribution in [0.25, 0.3) is 4.96 Å². The molecule has 132 valence electrons. The summed E-state index contributed by atoms with van der Waals surface area (Å²) in [4.78, 5) is 22.4. The standard InChI is InChI=1S/C16H15N7O2S/c17-9-11-1-2-13(18-10-11)21-5-3-12(4-6-21)19-14-15(23(24)25)22-7-8-26-16(22)20-14/h1-2,7-8,10,12,19H,3-6H2. The minimum atomic E-state index is -0.398. The van der Waals surface area contributed by atoms with Crippen LogP contribution in [0.5, 0.6) is 0 Å². The van der Waals surface area contributed by atoms with Crippen molar-refractivity contribution in [1.29, 1.82) is 5.26 Å². The minimum Gasteiger partial charge on any atom is -0.360 e. The number of nitriles is 1. The van der Waals surface area contributed by atoms with Crippen LogP contribution in [-0.4, -0.2) is 38.4 Å². The van der Waals surface area contributed by atoms with E-state index in [0.29, 0.717) is 16.3 Å². The van der Waals surface area contributed by atoms with Crippen LogP contribution < -0.4 is 10.2 Å². The van der Waals surface area contributed by atoms with Crippen molar-refractivity contribution in [2.75, 3.05) is 23.3 Å². The van der Waals surface area contributed by atoms with Gasteiger partial charge >= 0.3 is 5.82 Å². The molecule has 0 amide bonds. The first-order chi connectivity index (χ1) is 12.7. The zero-order valence-corrected chi connectivity index (χ0v) is 14.5. The number of hydrogen-bond acceptors (Lipinski definition) is 8. The predicted octanol–water partition coefficient (Wildman–Crippen LogP) is 2.65. The first-order valence-electron chi connectivity index (χ1n) is 8.13. The van der Waals surface area contributed by atoms with Gasteiger partial charge in [-0.3, -0.25) is 0 Å². The first kappa shape index (κ1) is 16.3. The monoisotopic (exact) mass is 369 g/mol. The van der Waals surface area contributed by atoms with Gasteiger partial charge in [-0.15, -0.1) is 0 Å². The van der Waals surface area contributed by atoms with Crippen LogP contribution in [0, 0.1) is 21.4 Å². The van der Waals surface area contributed by atoms with E-state index < -0.39 is 4.92 Å². The molecule has 10 heteroatoms. The largest absolute Gasteiger partial charge is 0.372 e. The summed E-state index contributed by atoms with van der Waals surface area (Å²) < 4.78 is 1.50. The highest BCUT2D eigenvalue weighted by atomic mass is 32.1. The number of thiazole rings is 1. The number of nitrogens with one attached hydrogen (secondary N) is 1. The molecule has 0 radical (unpaired) electrons. The van der Waals surface area contributed by atoms with Crippen molar-refractivity contribution in [1.82, 2.24) is 14.4 Å². The lowest BCUT2D eigenvalue weighted by Crippen LogP contribution is -2.39. The molecule has 3 aromatic heterocycles. The lowest BCUT2D eigenvalue weighted by Gasteiger charge is -2.33. The van der Waals surface area contributed by atoms with Crippen molar-refractivity contribution in [3.8, 4) is 6.07 Å². The van der Waals surface area contributed by atoms with Crippen LogP contribution in [0.2, 0.25) is 0 Å². The molecule has 0 bridgehead atoms. The fourth-order valence-corrected chi connectivity index (χ4v) is 3.84. The van der Waals surface area contributed by atoms with Crippen molar-refractivity contribution >= 4 is 33.8 Å². The van der Waals surface area contributed by atoms with Gasteiger partial charge in [-0.05, 0) is 29.9 Å². The zero-order chi connectivity index (χ0) is 18.1. The normalized spacial score (nSPS) is 15.1. The van der Waals surface area contributed by atoms with Crippen molar-refractivity contribution in [2.45, 2.75) is 18.9 Å². The molecular weight excluding hydrogens is 354 g/mol. The van der Waals surface area contributed by atoms with E-state index in [2.05, 4.69) is 26.3 Å². The van der Waals surface area contributed by atoms with Gasteiger partial charge in [0.15, 0.2) is 0 Å². The molecule has 9 nitrogen and oxygen atoms in total. The molecule has 0 atom stereocenters. The topological polar surface area (TPSA) is 112 Å². The highest BCUT2D eigenvalue weighted by Gasteiger charge is 2.27. The van der Waals surface area contributed by atoms with E-state index in [4.69, 9.17) is 5.26 Å². The van der Waals surface area contributed by atoms with Gasteiger partial charge in [0.25, 0.3) is 4.96 Å². The predicted molar refractivity (Wildman–Crippen MR) is 97.5 cm³/mol. The number of piperidine rings is 1. The minimum absolute atomic E-state index is 0.0163. The summed E-state index contributed by atoms with van der Waals surface area (Å²) in [5, 5.41) is 25.3. The number of nitro groups is 1. The average molecular weight is 369 g/mol. The van der Waals surface area contributed by atoms with Gasteiger partial charge in [-0.2, -0.15) is 14.6 Å². The molecule has 1 aliphatic heterocycles. The Morgan fingerprint density at radius 3 is 2.85 bits per heavy atom. The number of imidazole rings is 1. The Bertz CT molecular complexity index is 980. The van der Waals surface area contributed by atoms with E-state index >= 15 is 0 Å². The summed E-state index contributed by atoms with van der Waals surface area (Å²) in [6.07, 6.45) is 4.88. The molecule has 0 aliphatic carbocycles. The Hall–Kier alpha value is -3.19. The Morgan fingerprint density at radius 2 is 2.19 bits per heavy atom. The highest BCUT2D eigenvalue weighted by Crippen LogP contribution is 2.30. The number of pyridine rings is 1. The van der Waals surface area contributed by atoms with Crippen molar-refractivity contribution in [2.24, 2.45) is 0 Å². The van der Waals surface area contributed by atoms with Crippen molar-refractivity contribution in [3.05, 3.63) is 45.6 Å². The van der Waals surface area contributed by atoms with E-state index in [0.717, 1.165) is 31.7 Å². The number of anilines is 2. The molecule has 1 N–H and O–H groups in total. The number of nitrogens with zero attached hydrogens (tertiary/aromatic N) is 6. The zero-order valence-electron chi connectivity index (χ0n) is 13.7. The molecule has 4 rings (SSSR count). The third-order valence-corrected chi connectivity index (χ3v) is 5.20. The molecule has 4 heterocycles. The third kappa shape index (κ3) is 2.93. The van der Waals surface area contributed by atoms with Gasteiger partial charge in [0, 0.05) is 30.7 Å². The SMILES string of the molecule is N#Cc1ccc(N2CCC(Nc3nc4sccn4c3[N+](=O)[O-])CC2)nc1. The number of rotatable bonds is 4. The maximum absolute atomic E-state index is 11.4. The maximum atomic E-state index is 11.4. The molecule has 0 unspecified atom stereocenters. The summed E-state index contributed by atoms with van der Waals surface area (Å²) in [6.45, 7) is 1.57. The Labute approximate surface area is 152 Å². The number of aromatic nitrogens is 3. The van der Waals surface area contributed by atoms with E-state index in [9.17, 15) is 10.1 Å². The van der Waals surface area contributed by atoms with E-state index in [-0.39, 0.29) is 11.9 Å². The molecule has 0 aromatic carbocycles. The summed E-state index contributed by atoms with van der Waals surface area (Å²) in [6, 6.07) is 5.78. The van der Waals surface area contributed by atoms with Gasteiger partial charge < -0.3 is 20.3 Å².